The first-order chi connectivity index (χ1) is 16.1. The maximum absolute atomic E-state index is 13.5. The molecule has 0 saturated heterocycles. The third kappa shape index (κ3) is 5.07. The van der Waals surface area contributed by atoms with Crippen LogP contribution >= 0.6 is 0 Å². The quantitative estimate of drug-likeness (QED) is 0.503. The topological polar surface area (TPSA) is 131 Å². The van der Waals surface area contributed by atoms with Crippen LogP contribution in [0.25, 0.3) is 5.82 Å². The zero-order chi connectivity index (χ0) is 25.0. The van der Waals surface area contributed by atoms with Gasteiger partial charge < -0.3 is 15.4 Å². The number of anilines is 2. The van der Waals surface area contributed by atoms with Crippen molar-refractivity contribution < 1.29 is 31.5 Å². The van der Waals surface area contributed by atoms with Gasteiger partial charge in [0.2, 0.25) is 0 Å². The van der Waals surface area contributed by atoms with Crippen LogP contribution in [0.1, 0.15) is 41.8 Å². The Morgan fingerprint density at radius 3 is 2.41 bits per heavy atom. The van der Waals surface area contributed by atoms with Crippen molar-refractivity contribution in [1.82, 2.24) is 25.0 Å². The Balaban J connectivity index is 1.93. The van der Waals surface area contributed by atoms with E-state index in [-0.39, 0.29) is 16.9 Å². The molecule has 0 spiro atoms. The molecule has 0 aliphatic rings. The molecule has 0 fully saturated rings. The number of alkyl halides is 5. The lowest BCUT2D eigenvalue weighted by Gasteiger charge is -2.19. The molecule has 1 atom stereocenters. The van der Waals surface area contributed by atoms with Crippen LogP contribution in [0.3, 0.4) is 0 Å². The molecule has 0 radical (unpaired) electrons. The number of halogens is 5. The van der Waals surface area contributed by atoms with Crippen LogP contribution in [0, 0.1) is 11.3 Å². The minimum atomic E-state index is -4.85. The van der Waals surface area contributed by atoms with E-state index in [1.54, 1.807) is 6.07 Å². The fourth-order valence-electron chi connectivity index (χ4n) is 2.97. The standard InChI is InChI=1S/C19H15F5N8O2/c1-9(34-2)14-11(6-25)15(16(20)21)26-8-13(14)31-18(33)30-10-5-12(19(22,23)24)17(27-7-10)32-28-3-4-29-32/h3-5,7-9,16H,1-2H3,(H2,30,31,33)/t9-/m0/s1. The fraction of sp³-hybridized carbons (Fsp3) is 0.263. The zero-order valence-electron chi connectivity index (χ0n) is 17.4. The van der Waals surface area contributed by atoms with E-state index in [0.717, 1.165) is 12.4 Å². The summed E-state index contributed by atoms with van der Waals surface area (Å²) in [5, 5.41) is 21.1. The summed E-state index contributed by atoms with van der Waals surface area (Å²) in [6.07, 6.45) is -4.61. The van der Waals surface area contributed by atoms with Crippen LogP contribution in [0.4, 0.5) is 38.1 Å². The van der Waals surface area contributed by atoms with Crippen LogP contribution in [0.5, 0.6) is 0 Å². The Morgan fingerprint density at radius 1 is 1.18 bits per heavy atom. The van der Waals surface area contributed by atoms with Gasteiger partial charge in [-0.2, -0.15) is 28.6 Å². The van der Waals surface area contributed by atoms with Gasteiger partial charge in [-0.15, -0.1) is 4.80 Å². The molecule has 3 aromatic rings. The molecule has 0 unspecified atom stereocenters. The van der Waals surface area contributed by atoms with Gasteiger partial charge in [0.05, 0.1) is 47.8 Å². The van der Waals surface area contributed by atoms with Crippen LogP contribution < -0.4 is 10.6 Å². The van der Waals surface area contributed by atoms with Gasteiger partial charge in [-0.05, 0) is 13.0 Å². The summed E-state index contributed by atoms with van der Waals surface area (Å²) in [4.78, 5) is 20.4. The van der Waals surface area contributed by atoms with Crippen LogP contribution in [0.15, 0.2) is 30.9 Å². The Bertz CT molecular complexity index is 1220. The largest absolute Gasteiger partial charge is 0.420 e. The molecule has 0 aliphatic carbocycles. The van der Waals surface area contributed by atoms with Crippen molar-refractivity contribution in [3.8, 4) is 11.9 Å². The molecular formula is C19H15F5N8O2. The lowest BCUT2D eigenvalue weighted by Crippen LogP contribution is -2.23. The number of carbonyl (C=O) groups is 1. The van der Waals surface area contributed by atoms with E-state index in [0.29, 0.717) is 10.9 Å². The molecule has 0 saturated carbocycles. The maximum atomic E-state index is 13.5. The van der Waals surface area contributed by atoms with Crippen molar-refractivity contribution in [1.29, 1.82) is 5.26 Å². The fourth-order valence-corrected chi connectivity index (χ4v) is 2.97. The molecule has 0 bridgehead atoms. The number of hydrogen-bond donors (Lipinski definition) is 2. The normalized spacial score (nSPS) is 12.3. The molecule has 34 heavy (non-hydrogen) atoms. The Labute approximate surface area is 188 Å². The maximum Gasteiger partial charge on any atom is 0.420 e. The average molecular weight is 482 g/mol. The molecule has 10 nitrogen and oxygen atoms in total. The summed E-state index contributed by atoms with van der Waals surface area (Å²) in [5.74, 6) is -0.606. The number of urea groups is 1. The number of ether oxygens (including phenoxy) is 1. The number of rotatable bonds is 6. The number of methoxy groups -OCH3 is 1. The summed E-state index contributed by atoms with van der Waals surface area (Å²) in [7, 11) is 1.26. The van der Waals surface area contributed by atoms with E-state index in [4.69, 9.17) is 4.74 Å². The van der Waals surface area contributed by atoms with E-state index in [2.05, 4.69) is 30.8 Å². The van der Waals surface area contributed by atoms with Gasteiger partial charge in [-0.3, -0.25) is 4.98 Å². The minimum absolute atomic E-state index is 0.0698. The van der Waals surface area contributed by atoms with Crippen LogP contribution in [0.2, 0.25) is 0 Å². The van der Waals surface area contributed by atoms with Crippen molar-refractivity contribution in [3.63, 3.8) is 0 Å². The Kier molecular flexibility index (Phi) is 7.01. The second-order valence-electron chi connectivity index (χ2n) is 6.63. The highest BCUT2D eigenvalue weighted by Gasteiger charge is 2.36. The minimum Gasteiger partial charge on any atom is -0.377 e. The highest BCUT2D eigenvalue weighted by molar-refractivity contribution is 6.00. The number of nitrogens with zero attached hydrogens (tertiary/aromatic N) is 6. The van der Waals surface area contributed by atoms with Gasteiger partial charge in [-0.25, -0.2) is 18.6 Å². The van der Waals surface area contributed by atoms with Crippen molar-refractivity contribution in [2.75, 3.05) is 17.7 Å². The van der Waals surface area contributed by atoms with Gasteiger partial charge in [0.1, 0.15) is 17.3 Å². The summed E-state index contributed by atoms with van der Waals surface area (Å²) in [6.45, 7) is 1.45. The van der Waals surface area contributed by atoms with Gasteiger partial charge in [0.15, 0.2) is 5.82 Å². The Morgan fingerprint density at radius 2 is 1.85 bits per heavy atom. The lowest BCUT2D eigenvalue weighted by molar-refractivity contribution is -0.137. The first kappa shape index (κ1) is 24.5. The molecule has 3 aromatic heterocycles. The summed E-state index contributed by atoms with van der Waals surface area (Å²) in [6, 6.07) is 1.21. The van der Waals surface area contributed by atoms with Crippen molar-refractivity contribution in [2.24, 2.45) is 0 Å². The molecule has 2 amide bonds. The zero-order valence-corrected chi connectivity index (χ0v) is 17.4. The highest BCUT2D eigenvalue weighted by Crippen LogP contribution is 2.35. The molecule has 2 N–H and O–H groups in total. The number of nitrogens with one attached hydrogen (secondary N) is 2. The van der Waals surface area contributed by atoms with Crippen molar-refractivity contribution >= 4 is 17.4 Å². The van der Waals surface area contributed by atoms with E-state index >= 15 is 0 Å². The molecule has 3 heterocycles. The van der Waals surface area contributed by atoms with Crippen molar-refractivity contribution in [3.05, 3.63) is 53.2 Å². The Hall–Kier alpha value is -4.19. The van der Waals surface area contributed by atoms with Crippen molar-refractivity contribution in [2.45, 2.75) is 25.6 Å². The number of carbonyl (C=O) groups excluding carboxylic acids is 1. The highest BCUT2D eigenvalue weighted by atomic mass is 19.4. The summed E-state index contributed by atoms with van der Waals surface area (Å²) in [5.41, 5.74) is -3.05. The smallest absolute Gasteiger partial charge is 0.377 e. The van der Waals surface area contributed by atoms with Crippen LogP contribution in [-0.2, 0) is 10.9 Å². The summed E-state index contributed by atoms with van der Waals surface area (Å²) < 4.78 is 72.2. The molecular weight excluding hydrogens is 467 g/mol. The molecule has 178 valence electrons. The third-order valence-corrected chi connectivity index (χ3v) is 4.51. The first-order valence-electron chi connectivity index (χ1n) is 9.32. The van der Waals surface area contributed by atoms with Gasteiger partial charge in [-0.1, -0.05) is 0 Å². The predicted molar refractivity (Wildman–Crippen MR) is 106 cm³/mol. The van der Waals surface area contributed by atoms with E-state index in [1.165, 1.54) is 26.4 Å². The predicted octanol–water partition coefficient (Wildman–Crippen LogP) is 4.24. The van der Waals surface area contributed by atoms with Gasteiger partial charge in [0, 0.05) is 12.7 Å². The first-order valence-corrected chi connectivity index (χ1v) is 9.32. The number of hydrogen-bond acceptors (Lipinski definition) is 7. The van der Waals surface area contributed by atoms with Gasteiger partial charge >= 0.3 is 12.2 Å². The third-order valence-electron chi connectivity index (χ3n) is 4.51. The average Bonchev–Trinajstić information content (AvgIpc) is 3.32. The van der Waals surface area contributed by atoms with Gasteiger partial charge in [0.25, 0.3) is 6.43 Å². The number of aromatic nitrogens is 5. The lowest BCUT2D eigenvalue weighted by atomic mass is 10.0. The molecule has 3 rings (SSSR count). The second kappa shape index (κ2) is 9.75. The number of amides is 2. The number of nitriles is 1. The van der Waals surface area contributed by atoms with E-state index < -0.39 is 47.4 Å². The summed E-state index contributed by atoms with van der Waals surface area (Å²) >= 11 is 0. The molecule has 15 heteroatoms. The monoisotopic (exact) mass is 482 g/mol. The molecule has 0 aromatic carbocycles. The van der Waals surface area contributed by atoms with E-state index in [1.807, 2.05) is 0 Å². The molecule has 0 aliphatic heterocycles. The SMILES string of the molecule is CO[C@@H](C)c1c(NC(=O)Nc2cnc(-n3nccn3)c(C(F)(F)F)c2)cnc(C(F)F)c1C#N. The second-order valence-corrected chi connectivity index (χ2v) is 6.63. The number of pyridine rings is 2. The van der Waals surface area contributed by atoms with Crippen LogP contribution in [-0.4, -0.2) is 38.1 Å². The van der Waals surface area contributed by atoms with E-state index in [9.17, 15) is 32.0 Å².